The monoisotopic (exact) mass is 360 g/mol. The minimum absolute atomic E-state index is 0. The quantitative estimate of drug-likeness (QED) is 0.642. The Kier molecular flexibility index (Phi) is 4.73. The zero-order valence-electron chi connectivity index (χ0n) is 7.80. The maximum Gasteiger partial charge on any atom is 1.00 e. The van der Waals surface area contributed by atoms with Crippen LogP contribution in [-0.2, 0) is 4.79 Å². The molecule has 2 nitrogen and oxygen atoms in total. The predicted octanol–water partition coefficient (Wildman–Crippen LogP) is 0.572. The molecular formula is C9H15O2Tl. The second-order valence-electron chi connectivity index (χ2n) is 4.11. The van der Waals surface area contributed by atoms with E-state index in [9.17, 15) is 9.90 Å². The van der Waals surface area contributed by atoms with E-state index in [0.29, 0.717) is 0 Å². The van der Waals surface area contributed by atoms with Crippen molar-refractivity contribution in [1.82, 2.24) is 0 Å². The van der Waals surface area contributed by atoms with Crippen LogP contribution in [0.15, 0.2) is 0 Å². The number of hydrogen-bond donors (Lipinski definition) is 0. The Labute approximate surface area is 93.9 Å². The molecule has 0 saturated heterocycles. The van der Waals surface area contributed by atoms with Crippen molar-refractivity contribution in [2.45, 2.75) is 39.5 Å². The molecule has 1 atom stereocenters. The molecule has 0 heterocycles. The Balaban J connectivity index is 0.00000121. The molecule has 1 aliphatic carbocycles. The second-order valence-corrected chi connectivity index (χ2v) is 4.11. The van der Waals surface area contributed by atoms with E-state index in [4.69, 9.17) is 0 Å². The van der Waals surface area contributed by atoms with E-state index in [1.165, 1.54) is 0 Å². The minimum Gasteiger partial charge on any atom is -0.550 e. The summed E-state index contributed by atoms with van der Waals surface area (Å²) in [5, 5.41) is 10.7. The summed E-state index contributed by atoms with van der Waals surface area (Å²) in [4.78, 5) is 10.7. The normalized spacial score (nSPS) is 27.3. The van der Waals surface area contributed by atoms with Crippen LogP contribution in [0, 0.1) is 11.3 Å². The van der Waals surface area contributed by atoms with Crippen LogP contribution in [0.5, 0.6) is 0 Å². The molecule has 12 heavy (non-hydrogen) atoms. The van der Waals surface area contributed by atoms with Crippen molar-refractivity contribution in [3.05, 3.63) is 0 Å². The van der Waals surface area contributed by atoms with E-state index < -0.39 is 5.97 Å². The Morgan fingerprint density at radius 1 is 1.42 bits per heavy atom. The first-order chi connectivity index (χ1) is 5.04. The van der Waals surface area contributed by atoms with Crippen molar-refractivity contribution in [2.24, 2.45) is 11.3 Å². The molecule has 0 radical (unpaired) electrons. The van der Waals surface area contributed by atoms with Crippen molar-refractivity contribution in [1.29, 1.82) is 0 Å². The standard InChI is InChI=1S/C9H16O2.Tl/c1-9(2)6-4-3-5-7(9)8(10)11;/h7H,3-6H2,1-2H3,(H,10,11);/q;+1/p-1. The molecule has 0 spiro atoms. The number of carboxylic acids is 1. The van der Waals surface area contributed by atoms with Crippen LogP contribution in [0.2, 0.25) is 0 Å². The Morgan fingerprint density at radius 3 is 2.33 bits per heavy atom. The molecule has 1 fully saturated rings. The summed E-state index contributed by atoms with van der Waals surface area (Å²) in [5.41, 5.74) is -0.0446. The van der Waals surface area contributed by atoms with E-state index >= 15 is 0 Å². The van der Waals surface area contributed by atoms with Gasteiger partial charge in [-0.15, -0.1) is 0 Å². The Bertz CT molecular complexity index is 166. The molecule has 0 N–H and O–H groups in total. The van der Waals surface area contributed by atoms with Crippen LogP contribution in [-0.4, -0.2) is 33.3 Å². The van der Waals surface area contributed by atoms with Gasteiger partial charge in [0.05, 0.1) is 0 Å². The summed E-state index contributed by atoms with van der Waals surface area (Å²) in [5.74, 6) is -1.09. The number of hydrogen-bond acceptors (Lipinski definition) is 2. The number of rotatable bonds is 1. The fourth-order valence-corrected chi connectivity index (χ4v) is 1.93. The minimum atomic E-state index is -0.866. The zero-order valence-corrected chi connectivity index (χ0v) is 12.3. The first-order valence-electron chi connectivity index (χ1n) is 4.25. The van der Waals surface area contributed by atoms with Crippen molar-refractivity contribution < 1.29 is 9.90 Å². The fraction of sp³-hybridized carbons (Fsp3) is 0.889. The van der Waals surface area contributed by atoms with Gasteiger partial charge in [0.1, 0.15) is 0 Å². The topological polar surface area (TPSA) is 40.1 Å². The van der Waals surface area contributed by atoms with Crippen molar-refractivity contribution in [2.75, 3.05) is 0 Å². The largest absolute Gasteiger partial charge is 1.00 e. The Hall–Kier alpha value is 0.392. The SMILES string of the molecule is CC1(C)CCCCC1C(=O)[O-].[Tl+]. The number of aliphatic carboxylic acids is 1. The summed E-state index contributed by atoms with van der Waals surface area (Å²) in [6.07, 6.45) is 4.03. The van der Waals surface area contributed by atoms with Gasteiger partial charge in [-0.3, -0.25) is 0 Å². The van der Waals surface area contributed by atoms with E-state index in [-0.39, 0.29) is 38.6 Å². The van der Waals surface area contributed by atoms with Gasteiger partial charge in [-0.25, -0.2) is 0 Å². The van der Waals surface area contributed by atoms with E-state index in [0.717, 1.165) is 25.7 Å². The molecule has 1 aliphatic rings. The summed E-state index contributed by atoms with van der Waals surface area (Å²) < 4.78 is 0. The molecule has 66 valence electrons. The van der Waals surface area contributed by atoms with Gasteiger partial charge in [0.2, 0.25) is 0 Å². The van der Waals surface area contributed by atoms with Gasteiger partial charge >= 0.3 is 27.3 Å². The van der Waals surface area contributed by atoms with Crippen LogP contribution in [0.3, 0.4) is 0 Å². The van der Waals surface area contributed by atoms with Gasteiger partial charge in [-0.1, -0.05) is 26.7 Å². The summed E-state index contributed by atoms with van der Waals surface area (Å²) in [7, 11) is 0. The molecule has 0 bridgehead atoms. The third-order valence-electron chi connectivity index (χ3n) is 2.79. The third kappa shape index (κ3) is 2.71. The van der Waals surface area contributed by atoms with E-state index in [1.54, 1.807) is 0 Å². The van der Waals surface area contributed by atoms with E-state index in [1.807, 2.05) is 13.8 Å². The second kappa shape index (κ2) is 4.58. The number of carboxylic acid groups (broad SMARTS) is 1. The smallest absolute Gasteiger partial charge is 0.550 e. The molecule has 1 unspecified atom stereocenters. The van der Waals surface area contributed by atoms with Gasteiger partial charge in [-0.05, 0) is 18.3 Å². The fourth-order valence-electron chi connectivity index (χ4n) is 1.93. The Morgan fingerprint density at radius 2 is 2.00 bits per heavy atom. The number of carbonyl (C=O) groups is 1. The van der Waals surface area contributed by atoms with Crippen molar-refractivity contribution >= 4 is 33.3 Å². The van der Waals surface area contributed by atoms with Crippen molar-refractivity contribution in [3.8, 4) is 0 Å². The van der Waals surface area contributed by atoms with Gasteiger partial charge in [-0.2, -0.15) is 0 Å². The molecule has 0 aromatic carbocycles. The maximum atomic E-state index is 10.7. The average molecular weight is 360 g/mol. The van der Waals surface area contributed by atoms with Gasteiger partial charge < -0.3 is 9.90 Å². The van der Waals surface area contributed by atoms with Crippen LogP contribution < -0.4 is 5.11 Å². The first kappa shape index (κ1) is 12.4. The molecule has 0 amide bonds. The predicted molar refractivity (Wildman–Crippen MR) is 46.5 cm³/mol. The molecular weight excluding hydrogens is 344 g/mol. The molecule has 0 aromatic rings. The summed E-state index contributed by atoms with van der Waals surface area (Å²) >= 11 is 0. The van der Waals surface area contributed by atoms with Gasteiger partial charge in [0.15, 0.2) is 0 Å². The zero-order chi connectivity index (χ0) is 8.48. The van der Waals surface area contributed by atoms with Crippen LogP contribution in [0.4, 0.5) is 0 Å². The summed E-state index contributed by atoms with van der Waals surface area (Å²) in [6, 6.07) is 0. The first-order valence-corrected chi connectivity index (χ1v) is 4.25. The van der Waals surface area contributed by atoms with Crippen LogP contribution >= 0.6 is 0 Å². The molecule has 1 rings (SSSR count). The molecule has 3 heteroatoms. The molecule has 0 aromatic heterocycles. The number of carbonyl (C=O) groups excluding carboxylic acids is 1. The average Bonchev–Trinajstić information content (AvgIpc) is 1.85. The van der Waals surface area contributed by atoms with Crippen molar-refractivity contribution in [3.63, 3.8) is 0 Å². The molecule has 0 aliphatic heterocycles. The summed E-state index contributed by atoms with van der Waals surface area (Å²) in [6.45, 7) is 4.04. The maximum absolute atomic E-state index is 10.7. The van der Waals surface area contributed by atoms with E-state index in [2.05, 4.69) is 0 Å². The van der Waals surface area contributed by atoms with Crippen LogP contribution in [0.1, 0.15) is 39.5 Å². The van der Waals surface area contributed by atoms with Gasteiger partial charge in [0, 0.05) is 11.9 Å². The third-order valence-corrected chi connectivity index (χ3v) is 2.79. The van der Waals surface area contributed by atoms with Gasteiger partial charge in [0.25, 0.3) is 0 Å². The van der Waals surface area contributed by atoms with Crippen LogP contribution in [0.25, 0.3) is 0 Å². The molecule has 1 saturated carbocycles.